The highest BCUT2D eigenvalue weighted by Gasteiger charge is 2.39. The first-order chi connectivity index (χ1) is 18.2. The molecule has 1 fully saturated rings. The van der Waals surface area contributed by atoms with Gasteiger partial charge in [-0.15, -0.1) is 11.3 Å². The van der Waals surface area contributed by atoms with Crippen molar-refractivity contribution < 1.29 is 36.2 Å². The number of aromatic nitrogens is 1. The predicted octanol–water partition coefficient (Wildman–Crippen LogP) is 4.76. The normalized spacial score (nSPS) is 15.8. The molecule has 0 bridgehead atoms. The Balaban J connectivity index is 1.76. The minimum atomic E-state index is -4.75. The van der Waals surface area contributed by atoms with Crippen molar-refractivity contribution in [3.63, 3.8) is 0 Å². The summed E-state index contributed by atoms with van der Waals surface area (Å²) in [4.78, 5) is 17.6. The van der Waals surface area contributed by atoms with E-state index in [9.17, 15) is 31.5 Å². The van der Waals surface area contributed by atoms with Crippen LogP contribution in [0.2, 0.25) is 0 Å². The van der Waals surface area contributed by atoms with Crippen molar-refractivity contribution in [1.29, 1.82) is 0 Å². The molecule has 0 saturated heterocycles. The van der Waals surface area contributed by atoms with Gasteiger partial charge in [0.15, 0.2) is 5.01 Å². The Kier molecular flexibility index (Phi) is 8.39. The molecule has 0 radical (unpaired) electrons. The van der Waals surface area contributed by atoms with Crippen LogP contribution in [0.25, 0.3) is 21.2 Å². The van der Waals surface area contributed by atoms with Crippen LogP contribution in [0.4, 0.5) is 13.2 Å². The van der Waals surface area contributed by atoms with Gasteiger partial charge in [-0.25, -0.2) is 13.4 Å². The summed E-state index contributed by atoms with van der Waals surface area (Å²) in [6.45, 7) is 4.00. The van der Waals surface area contributed by atoms with E-state index in [2.05, 4.69) is 10.3 Å². The second-order valence-corrected chi connectivity index (χ2v) is 12.9. The van der Waals surface area contributed by atoms with E-state index in [0.717, 1.165) is 37.5 Å². The lowest BCUT2D eigenvalue weighted by Gasteiger charge is -2.25. The van der Waals surface area contributed by atoms with E-state index in [0.29, 0.717) is 21.5 Å². The zero-order valence-electron chi connectivity index (χ0n) is 21.6. The van der Waals surface area contributed by atoms with E-state index >= 15 is 0 Å². The van der Waals surface area contributed by atoms with Crippen molar-refractivity contribution in [2.75, 3.05) is 6.54 Å². The highest BCUT2D eigenvalue weighted by atomic mass is 32.2. The smallest absolute Gasteiger partial charge is 0.389 e. The lowest BCUT2D eigenvalue weighted by molar-refractivity contribution is -0.147. The molecular weight excluding hydrogens is 555 g/mol. The maximum Gasteiger partial charge on any atom is 0.404 e. The number of thiazole rings is 1. The lowest BCUT2D eigenvalue weighted by atomic mass is 9.96. The molecule has 1 heterocycles. The molecule has 0 spiro atoms. The zero-order chi connectivity index (χ0) is 28.6. The van der Waals surface area contributed by atoms with Crippen molar-refractivity contribution in [2.45, 2.75) is 75.5 Å². The summed E-state index contributed by atoms with van der Waals surface area (Å²) in [5.41, 5.74) is -0.0641. The molecule has 8 nitrogen and oxygen atoms in total. The van der Waals surface area contributed by atoms with Crippen LogP contribution in [0.5, 0.6) is 0 Å². The fraction of sp³-hybridized carbons (Fsp3) is 0.462. The Labute approximate surface area is 228 Å². The summed E-state index contributed by atoms with van der Waals surface area (Å²) in [5, 5.41) is 13.5. The number of hydrogen-bond acceptors (Lipinski definition) is 7. The summed E-state index contributed by atoms with van der Waals surface area (Å²) in [7, 11) is -4.52. The second-order valence-electron chi connectivity index (χ2n) is 10.2. The van der Waals surface area contributed by atoms with E-state index in [1.807, 2.05) is 0 Å². The van der Waals surface area contributed by atoms with Crippen molar-refractivity contribution in [3.8, 4) is 10.4 Å². The van der Waals surface area contributed by atoms with Gasteiger partial charge < -0.3 is 15.2 Å². The van der Waals surface area contributed by atoms with Crippen LogP contribution in [-0.2, 0) is 21.4 Å². The van der Waals surface area contributed by atoms with Gasteiger partial charge in [0.05, 0.1) is 33.8 Å². The van der Waals surface area contributed by atoms with Crippen LogP contribution in [0.1, 0.15) is 55.5 Å². The minimum Gasteiger partial charge on any atom is -0.389 e. The summed E-state index contributed by atoms with van der Waals surface area (Å²) < 4.78 is 72.9. The van der Waals surface area contributed by atoms with Gasteiger partial charge in [-0.2, -0.15) is 17.9 Å². The van der Waals surface area contributed by atoms with Crippen LogP contribution in [0.15, 0.2) is 41.3 Å². The first kappa shape index (κ1) is 29.4. The quantitative estimate of drug-likeness (QED) is 0.316. The Hall–Kier alpha value is -2.58. The van der Waals surface area contributed by atoms with Crippen LogP contribution < -0.4 is 10.0 Å². The van der Waals surface area contributed by atoms with Crippen molar-refractivity contribution in [2.24, 2.45) is 0 Å². The molecule has 1 aliphatic rings. The Morgan fingerprint density at radius 3 is 2.44 bits per heavy atom. The third-order valence-corrected chi connectivity index (χ3v) is 9.05. The topological polar surface area (TPSA) is 118 Å². The lowest BCUT2D eigenvalue weighted by Crippen LogP contribution is -2.43. The minimum absolute atomic E-state index is 0.00743. The predicted molar refractivity (Wildman–Crippen MR) is 142 cm³/mol. The van der Waals surface area contributed by atoms with Gasteiger partial charge in [-0.1, -0.05) is 30.3 Å². The van der Waals surface area contributed by atoms with Crippen molar-refractivity contribution in [3.05, 3.63) is 47.1 Å². The number of sulfonamides is 1. The molecule has 39 heavy (non-hydrogen) atoms. The summed E-state index contributed by atoms with van der Waals surface area (Å²) in [5.74, 6) is -0.480. The molecule has 3 N–H and O–H groups in total. The van der Waals surface area contributed by atoms with E-state index in [4.69, 9.17) is 4.74 Å². The number of nitrogens with one attached hydrogen (secondary N) is 2. The third kappa shape index (κ3) is 6.95. The Morgan fingerprint density at radius 1 is 1.18 bits per heavy atom. The zero-order valence-corrected chi connectivity index (χ0v) is 23.3. The fourth-order valence-corrected chi connectivity index (χ4v) is 6.40. The number of rotatable bonds is 10. The number of carbonyl (C=O) groups excluding carboxylic acids is 1. The standard InChI is InChI=1S/C26H30F3N3O5S2/c1-15(26(27,28)29)32-39(35,36)21-12-11-19(17-9-4-5-10-18(17)21)22-20(13-37-16-7-6-8-16)31-24(38-22)23(33)30-14-25(2,3)34/h4-5,9-12,15-16,32,34H,6-8,13-14H2,1-3H3,(H,30,33). The van der Waals surface area contributed by atoms with Crippen molar-refractivity contribution in [1.82, 2.24) is 15.0 Å². The molecule has 1 amide bonds. The second kappa shape index (κ2) is 11.1. The van der Waals surface area contributed by atoms with E-state index in [-0.39, 0.29) is 34.5 Å². The first-order valence-electron chi connectivity index (χ1n) is 12.4. The molecule has 1 atom stereocenters. The molecule has 0 aliphatic heterocycles. The molecule has 1 aromatic heterocycles. The molecule has 4 rings (SSSR count). The highest BCUT2D eigenvalue weighted by molar-refractivity contribution is 7.89. The molecule has 13 heteroatoms. The molecule has 212 valence electrons. The highest BCUT2D eigenvalue weighted by Crippen LogP contribution is 2.39. The largest absolute Gasteiger partial charge is 0.404 e. The molecular formula is C26H30F3N3O5S2. The summed E-state index contributed by atoms with van der Waals surface area (Å²) >= 11 is 1.09. The number of ether oxygens (including phenoxy) is 1. The average Bonchev–Trinajstić information content (AvgIpc) is 3.23. The first-order valence-corrected chi connectivity index (χ1v) is 14.7. The van der Waals surface area contributed by atoms with Gasteiger partial charge in [-0.3, -0.25) is 4.79 Å². The average molecular weight is 586 g/mol. The van der Waals surface area contributed by atoms with Crippen LogP contribution >= 0.6 is 11.3 Å². The summed E-state index contributed by atoms with van der Waals surface area (Å²) in [6.07, 6.45) is -1.73. The number of halogens is 3. The van der Waals surface area contributed by atoms with Crippen molar-refractivity contribution >= 4 is 38.0 Å². The Morgan fingerprint density at radius 2 is 1.85 bits per heavy atom. The number of aliphatic hydroxyl groups is 1. The van der Waals surface area contributed by atoms with Gasteiger partial charge >= 0.3 is 6.18 Å². The van der Waals surface area contributed by atoms with Crippen LogP contribution in [-0.4, -0.2) is 54.9 Å². The van der Waals surface area contributed by atoms with Gasteiger partial charge in [-0.05, 0) is 51.5 Å². The number of nitrogens with zero attached hydrogens (tertiary/aromatic N) is 1. The monoisotopic (exact) mass is 585 g/mol. The maximum absolute atomic E-state index is 13.1. The number of alkyl halides is 3. The molecule has 1 aliphatic carbocycles. The Bertz CT molecular complexity index is 1460. The number of benzene rings is 2. The number of carbonyl (C=O) groups is 1. The van der Waals surface area contributed by atoms with Gasteiger partial charge in [0.1, 0.15) is 6.04 Å². The SMILES string of the molecule is CC(NS(=O)(=O)c1ccc(-c2sc(C(=O)NCC(C)(C)O)nc2COC2CCC2)c2ccccc12)C(F)(F)F. The van der Waals surface area contributed by atoms with Crippen LogP contribution in [0, 0.1) is 0 Å². The molecule has 2 aromatic carbocycles. The van der Waals surface area contributed by atoms with Gasteiger partial charge in [0.25, 0.3) is 5.91 Å². The van der Waals surface area contributed by atoms with Gasteiger partial charge in [0.2, 0.25) is 10.0 Å². The number of hydrogen-bond donors (Lipinski definition) is 3. The molecule has 1 unspecified atom stereocenters. The van der Waals surface area contributed by atoms with Crippen LogP contribution in [0.3, 0.4) is 0 Å². The van der Waals surface area contributed by atoms with E-state index in [1.165, 1.54) is 18.2 Å². The fourth-order valence-electron chi connectivity index (χ4n) is 3.93. The van der Waals surface area contributed by atoms with E-state index < -0.39 is 33.7 Å². The van der Waals surface area contributed by atoms with E-state index in [1.54, 1.807) is 36.8 Å². The van der Waals surface area contributed by atoms with Gasteiger partial charge in [0, 0.05) is 17.5 Å². The number of amides is 1. The maximum atomic E-state index is 13.1. The number of fused-ring (bicyclic) bond motifs is 1. The third-order valence-electron chi connectivity index (χ3n) is 6.32. The molecule has 3 aromatic rings. The molecule has 1 saturated carbocycles. The summed E-state index contributed by atoms with van der Waals surface area (Å²) in [6, 6.07) is 6.97.